The molecule has 9 heteroatoms. The number of diazo groups is 1. The third-order valence-electron chi connectivity index (χ3n) is 1.04. The molecular formula is C6H3BCl2F4N2. The van der Waals surface area contributed by atoms with Gasteiger partial charge in [-0.1, -0.05) is 29.3 Å². The SMILES string of the molecule is F[B-](F)(F)F.N#[N+]c1cccc(Cl)c1Cl. The van der Waals surface area contributed by atoms with E-state index >= 15 is 0 Å². The van der Waals surface area contributed by atoms with Gasteiger partial charge in [0, 0.05) is 6.07 Å². The highest BCUT2D eigenvalue weighted by Crippen LogP contribution is 2.31. The lowest BCUT2D eigenvalue weighted by atomic mass is 10.3. The Kier molecular flexibility index (Phi) is 5.40. The summed E-state index contributed by atoms with van der Waals surface area (Å²) >= 11 is 11.2. The van der Waals surface area contributed by atoms with E-state index in [4.69, 9.17) is 28.6 Å². The maximum absolute atomic E-state index is 9.75. The molecule has 0 aliphatic heterocycles. The van der Waals surface area contributed by atoms with Crippen LogP contribution in [0.2, 0.25) is 10.0 Å². The molecule has 0 saturated carbocycles. The fraction of sp³-hybridized carbons (Fsp3) is 0. The average molecular weight is 261 g/mol. The van der Waals surface area contributed by atoms with Gasteiger partial charge < -0.3 is 17.3 Å². The molecule has 2 nitrogen and oxygen atoms in total. The summed E-state index contributed by atoms with van der Waals surface area (Å²) in [6.45, 7) is 0. The smallest absolute Gasteiger partial charge is 0.418 e. The maximum atomic E-state index is 9.75. The van der Waals surface area contributed by atoms with E-state index in [2.05, 4.69) is 4.98 Å². The van der Waals surface area contributed by atoms with E-state index < -0.39 is 7.25 Å². The van der Waals surface area contributed by atoms with E-state index in [1.807, 2.05) is 0 Å². The fourth-order valence-corrected chi connectivity index (χ4v) is 0.903. The molecule has 1 aromatic rings. The van der Waals surface area contributed by atoms with Crippen LogP contribution in [0.5, 0.6) is 0 Å². The summed E-state index contributed by atoms with van der Waals surface area (Å²) in [7, 11) is -6.00. The van der Waals surface area contributed by atoms with Crippen LogP contribution >= 0.6 is 23.2 Å². The molecule has 0 aliphatic carbocycles. The summed E-state index contributed by atoms with van der Waals surface area (Å²) in [5, 5.41) is 8.98. The molecule has 1 rings (SSSR count). The zero-order valence-corrected chi connectivity index (χ0v) is 8.48. The van der Waals surface area contributed by atoms with E-state index in [1.165, 1.54) is 0 Å². The molecule has 82 valence electrons. The monoisotopic (exact) mass is 260 g/mol. The first-order chi connectivity index (χ1) is 6.75. The minimum Gasteiger partial charge on any atom is -0.418 e. The average Bonchev–Trinajstić information content (AvgIpc) is 2.07. The second-order valence-electron chi connectivity index (χ2n) is 2.17. The van der Waals surface area contributed by atoms with Crippen LogP contribution in [0.3, 0.4) is 0 Å². The lowest BCUT2D eigenvalue weighted by Gasteiger charge is -1.94. The maximum Gasteiger partial charge on any atom is 0.673 e. The summed E-state index contributed by atoms with van der Waals surface area (Å²) < 4.78 is 39.0. The van der Waals surface area contributed by atoms with Crippen molar-refractivity contribution in [3.63, 3.8) is 0 Å². The van der Waals surface area contributed by atoms with Crippen molar-refractivity contribution in [1.82, 2.24) is 0 Å². The van der Waals surface area contributed by atoms with Crippen LogP contribution < -0.4 is 0 Å². The second kappa shape index (κ2) is 5.78. The largest absolute Gasteiger partial charge is 0.673 e. The molecule has 0 unspecified atom stereocenters. The predicted octanol–water partition coefficient (Wildman–Crippen LogP) is 4.78. The molecule has 0 fully saturated rings. The zero-order valence-electron chi connectivity index (χ0n) is 6.97. The van der Waals surface area contributed by atoms with Gasteiger partial charge in [0.1, 0.15) is 0 Å². The number of halogens is 6. The molecule has 0 bridgehead atoms. The Morgan fingerprint density at radius 1 is 1.13 bits per heavy atom. The third kappa shape index (κ3) is 7.00. The van der Waals surface area contributed by atoms with Crippen LogP contribution in [0.25, 0.3) is 4.98 Å². The zero-order chi connectivity index (χ0) is 12.1. The van der Waals surface area contributed by atoms with Crippen LogP contribution in [-0.2, 0) is 0 Å². The van der Waals surface area contributed by atoms with Gasteiger partial charge in [0.2, 0.25) is 5.39 Å². The van der Waals surface area contributed by atoms with E-state index in [0.29, 0.717) is 5.02 Å². The summed E-state index contributed by atoms with van der Waals surface area (Å²) in [6, 6.07) is 4.84. The number of hydrogen-bond donors (Lipinski definition) is 0. The van der Waals surface area contributed by atoms with E-state index in [-0.39, 0.29) is 10.7 Å². The molecule has 0 heterocycles. The van der Waals surface area contributed by atoms with Crippen molar-refractivity contribution in [3.05, 3.63) is 33.2 Å². The first kappa shape index (κ1) is 14.0. The molecular weight excluding hydrogens is 258 g/mol. The Bertz CT molecular complexity index is 370. The molecule has 0 saturated heterocycles. The van der Waals surface area contributed by atoms with Crippen molar-refractivity contribution in [3.8, 4) is 0 Å². The van der Waals surface area contributed by atoms with Crippen molar-refractivity contribution in [2.45, 2.75) is 0 Å². The van der Waals surface area contributed by atoms with Gasteiger partial charge in [-0.15, -0.1) is 0 Å². The molecule has 0 radical (unpaired) electrons. The number of benzene rings is 1. The lowest BCUT2D eigenvalue weighted by molar-refractivity contribution is 0.368. The quantitative estimate of drug-likeness (QED) is 0.375. The van der Waals surface area contributed by atoms with Gasteiger partial charge in [-0.25, -0.2) is 0 Å². The molecule has 0 atom stereocenters. The van der Waals surface area contributed by atoms with Crippen LogP contribution in [0, 0.1) is 5.39 Å². The minimum absolute atomic E-state index is 0.270. The van der Waals surface area contributed by atoms with Crippen LogP contribution in [0.4, 0.5) is 23.0 Å². The summed E-state index contributed by atoms with van der Waals surface area (Å²) in [5.41, 5.74) is 0.286. The molecule has 1 aromatic carbocycles. The molecule has 0 aliphatic rings. The van der Waals surface area contributed by atoms with Gasteiger partial charge in [0.05, 0.1) is 5.02 Å². The Balaban J connectivity index is 0.000000336. The van der Waals surface area contributed by atoms with E-state index in [0.717, 1.165) is 0 Å². The fourth-order valence-electron chi connectivity index (χ4n) is 0.570. The Morgan fingerprint density at radius 3 is 1.93 bits per heavy atom. The Hall–Kier alpha value is -0.995. The Morgan fingerprint density at radius 2 is 1.60 bits per heavy atom. The van der Waals surface area contributed by atoms with Gasteiger partial charge in [-0.05, 0) is 6.07 Å². The number of nitrogens with zero attached hydrogens (tertiary/aromatic N) is 2. The number of hydrogen-bond acceptors (Lipinski definition) is 1. The van der Waals surface area contributed by atoms with Gasteiger partial charge in [-0.2, -0.15) is 0 Å². The topological polar surface area (TPSA) is 28.1 Å². The molecule has 0 N–H and O–H groups in total. The van der Waals surface area contributed by atoms with E-state index in [1.54, 1.807) is 18.2 Å². The van der Waals surface area contributed by atoms with Gasteiger partial charge in [0.25, 0.3) is 0 Å². The number of rotatable bonds is 0. The highest BCUT2D eigenvalue weighted by molar-refractivity contribution is 6.50. The summed E-state index contributed by atoms with van der Waals surface area (Å²) in [6.07, 6.45) is 0. The molecule has 0 amide bonds. The highest BCUT2D eigenvalue weighted by atomic mass is 35.5. The van der Waals surface area contributed by atoms with Crippen molar-refractivity contribution in [2.24, 2.45) is 0 Å². The van der Waals surface area contributed by atoms with Gasteiger partial charge >= 0.3 is 12.9 Å². The second-order valence-corrected chi connectivity index (χ2v) is 2.95. The van der Waals surface area contributed by atoms with Crippen LogP contribution in [-0.4, -0.2) is 7.25 Å². The predicted molar refractivity (Wildman–Crippen MR) is 51.4 cm³/mol. The molecule has 0 spiro atoms. The normalized spacial score (nSPS) is 9.93. The standard InChI is InChI=1S/C6H3Cl2N2.BF4/c7-4-2-1-3-5(10-9)6(4)8;2-1(3,4)5/h1-3H;/q+1;-1. The third-order valence-corrected chi connectivity index (χ3v) is 1.85. The van der Waals surface area contributed by atoms with Gasteiger partial charge in [0.15, 0.2) is 10.00 Å². The lowest BCUT2D eigenvalue weighted by Crippen LogP contribution is -2.02. The minimum atomic E-state index is -6.00. The van der Waals surface area contributed by atoms with Crippen molar-refractivity contribution >= 4 is 36.1 Å². The van der Waals surface area contributed by atoms with E-state index in [9.17, 15) is 17.3 Å². The first-order valence-electron chi connectivity index (χ1n) is 3.42. The molecule has 15 heavy (non-hydrogen) atoms. The van der Waals surface area contributed by atoms with Crippen molar-refractivity contribution in [1.29, 1.82) is 5.39 Å². The summed E-state index contributed by atoms with van der Waals surface area (Å²) in [4.78, 5) is 2.91. The highest BCUT2D eigenvalue weighted by Gasteiger charge is 2.20. The Labute approximate surface area is 92.5 Å². The summed E-state index contributed by atoms with van der Waals surface area (Å²) in [5.74, 6) is 0. The first-order valence-corrected chi connectivity index (χ1v) is 4.17. The van der Waals surface area contributed by atoms with Crippen LogP contribution in [0.15, 0.2) is 18.2 Å². The van der Waals surface area contributed by atoms with Crippen LogP contribution in [0.1, 0.15) is 0 Å². The van der Waals surface area contributed by atoms with Crippen molar-refractivity contribution < 1.29 is 17.3 Å². The van der Waals surface area contributed by atoms with Gasteiger partial charge in [-0.3, -0.25) is 0 Å². The van der Waals surface area contributed by atoms with Crippen molar-refractivity contribution in [2.75, 3.05) is 0 Å². The molecule has 0 aromatic heterocycles.